The third-order valence-corrected chi connectivity index (χ3v) is 3.90. The Labute approximate surface area is 135 Å². The molecule has 4 nitrogen and oxygen atoms in total. The van der Waals surface area contributed by atoms with E-state index in [2.05, 4.69) is 27.3 Å². The number of anilines is 1. The number of H-pyrrole nitrogens is 1. The molecule has 3 heterocycles. The number of nitrogens with one attached hydrogen (secondary N) is 1. The molecule has 0 spiro atoms. The predicted octanol–water partition coefficient (Wildman–Crippen LogP) is 3.80. The lowest BCUT2D eigenvalue weighted by Crippen LogP contribution is -2.12. The van der Waals surface area contributed by atoms with Crippen molar-refractivity contribution in [3.8, 4) is 0 Å². The Morgan fingerprint density at radius 2 is 2.08 bits per heavy atom. The summed E-state index contributed by atoms with van der Waals surface area (Å²) in [6, 6.07) is 10.0. The predicted molar refractivity (Wildman–Crippen MR) is 83.7 cm³/mol. The minimum atomic E-state index is -4.36. The highest BCUT2D eigenvalue weighted by Crippen LogP contribution is 2.31. The van der Waals surface area contributed by atoms with Gasteiger partial charge in [-0.2, -0.15) is 18.3 Å². The number of benzene rings is 1. The van der Waals surface area contributed by atoms with Gasteiger partial charge < -0.3 is 0 Å². The Hall–Kier alpha value is -3.01. The van der Waals surface area contributed by atoms with E-state index in [9.17, 15) is 13.2 Å². The molecule has 0 atom stereocenters. The summed E-state index contributed by atoms with van der Waals surface area (Å²) >= 11 is 0. The third kappa shape index (κ3) is 2.46. The number of hydrogen-bond acceptors (Lipinski definition) is 3. The van der Waals surface area contributed by atoms with Crippen molar-refractivity contribution < 1.29 is 13.2 Å². The lowest BCUT2D eigenvalue weighted by molar-refractivity contribution is -0.137. The second-order valence-corrected chi connectivity index (χ2v) is 5.43. The van der Waals surface area contributed by atoms with Gasteiger partial charge in [-0.05, 0) is 29.8 Å². The fourth-order valence-electron chi connectivity index (χ4n) is 2.75. The van der Waals surface area contributed by atoms with Gasteiger partial charge in [-0.15, -0.1) is 0 Å². The molecule has 120 valence electrons. The van der Waals surface area contributed by atoms with Crippen molar-refractivity contribution in [2.24, 2.45) is 5.10 Å². The van der Waals surface area contributed by atoms with Gasteiger partial charge in [0.25, 0.3) is 0 Å². The Bertz CT molecular complexity index is 927. The quantitative estimate of drug-likeness (QED) is 0.778. The van der Waals surface area contributed by atoms with E-state index in [1.807, 2.05) is 0 Å². The van der Waals surface area contributed by atoms with Crippen LogP contribution in [0.5, 0.6) is 0 Å². The van der Waals surface area contributed by atoms with Gasteiger partial charge in [0, 0.05) is 25.4 Å². The maximum atomic E-state index is 12.9. The first-order valence-electron chi connectivity index (χ1n) is 7.31. The zero-order chi connectivity index (χ0) is 16.7. The molecule has 1 N–H and O–H groups in total. The first kappa shape index (κ1) is 14.6. The van der Waals surface area contributed by atoms with Crippen molar-refractivity contribution in [2.45, 2.75) is 12.6 Å². The molecule has 7 heteroatoms. The molecule has 4 rings (SSSR count). The zero-order valence-corrected chi connectivity index (χ0v) is 12.4. The highest BCUT2D eigenvalue weighted by atomic mass is 19.4. The van der Waals surface area contributed by atoms with Gasteiger partial charge in [-0.1, -0.05) is 12.1 Å². The van der Waals surface area contributed by atoms with Gasteiger partial charge in [0.2, 0.25) is 0 Å². The van der Waals surface area contributed by atoms with E-state index < -0.39 is 11.7 Å². The van der Waals surface area contributed by atoms with Crippen LogP contribution in [-0.4, -0.2) is 22.2 Å². The van der Waals surface area contributed by atoms with E-state index in [0.29, 0.717) is 29.9 Å². The SMILES string of the molecule is FC(F)(F)c1cccc(C2=NN(c3ccnc4[nH]c#cc34)CC2)c1. The molecule has 24 heavy (non-hydrogen) atoms. The molecule has 0 saturated heterocycles. The number of alkyl halides is 3. The third-order valence-electron chi connectivity index (χ3n) is 3.90. The largest absolute Gasteiger partial charge is 0.416 e. The van der Waals surface area contributed by atoms with Crippen molar-refractivity contribution in [2.75, 3.05) is 11.6 Å². The molecular formula is C17H11F3N4. The second-order valence-electron chi connectivity index (χ2n) is 5.43. The lowest BCUT2D eigenvalue weighted by Gasteiger charge is -2.13. The van der Waals surface area contributed by atoms with Crippen LogP contribution in [0.25, 0.3) is 11.0 Å². The Balaban J connectivity index is 1.70. The van der Waals surface area contributed by atoms with E-state index in [-0.39, 0.29) is 0 Å². The van der Waals surface area contributed by atoms with Gasteiger partial charge in [-0.3, -0.25) is 9.99 Å². The van der Waals surface area contributed by atoms with E-state index in [1.165, 1.54) is 6.07 Å². The molecule has 0 amide bonds. The molecule has 0 aliphatic carbocycles. The topological polar surface area (TPSA) is 44.3 Å². The number of rotatable bonds is 2. The molecule has 1 aliphatic heterocycles. The number of aromatic amines is 1. The van der Waals surface area contributed by atoms with Crippen LogP contribution in [0, 0.1) is 12.3 Å². The monoisotopic (exact) mass is 328 g/mol. The second kappa shape index (κ2) is 5.27. The van der Waals surface area contributed by atoms with Crippen LogP contribution in [0.4, 0.5) is 18.9 Å². The molecule has 0 saturated carbocycles. The number of nitrogens with zero attached hydrogens (tertiary/aromatic N) is 3. The molecule has 0 unspecified atom stereocenters. The molecule has 0 fully saturated rings. The first-order chi connectivity index (χ1) is 11.5. The normalized spacial score (nSPS) is 14.8. The smallest absolute Gasteiger partial charge is 0.298 e. The van der Waals surface area contributed by atoms with Crippen molar-refractivity contribution >= 4 is 22.4 Å². The van der Waals surface area contributed by atoms with Crippen LogP contribution in [0.15, 0.2) is 41.6 Å². The number of hydrogen-bond donors (Lipinski definition) is 1. The molecule has 2 aromatic heterocycles. The number of fused-ring (bicyclic) bond motifs is 1. The number of halogens is 3. The van der Waals surface area contributed by atoms with Gasteiger partial charge >= 0.3 is 6.18 Å². The summed E-state index contributed by atoms with van der Waals surface area (Å²) in [5, 5.41) is 7.01. The van der Waals surface area contributed by atoms with Crippen LogP contribution >= 0.6 is 0 Å². The summed E-state index contributed by atoms with van der Waals surface area (Å²) in [5.74, 6) is 0. The standard InChI is InChI=1S/C17H11F3N4/c18-17(19,20)12-3-1-2-11(10-12)14-6-9-24(23-14)15-5-8-22-16-13(15)4-7-21-16/h1-3,5,8,10H,6,9H2,(H,21,22). The average Bonchev–Trinajstić information content (AvgIpc) is 3.23. The Morgan fingerprint density at radius 1 is 1.21 bits per heavy atom. The minimum absolute atomic E-state index is 0.488. The van der Waals surface area contributed by atoms with Gasteiger partial charge in [-0.25, -0.2) is 4.98 Å². The fraction of sp³-hybridized carbons (Fsp3) is 0.176. The van der Waals surface area contributed by atoms with Gasteiger partial charge in [0.15, 0.2) is 5.65 Å². The summed E-state index contributed by atoms with van der Waals surface area (Å²) in [7, 11) is 0. The molecule has 3 aromatic rings. The van der Waals surface area contributed by atoms with Crippen LogP contribution in [0.2, 0.25) is 0 Å². The minimum Gasteiger partial charge on any atom is -0.298 e. The van der Waals surface area contributed by atoms with Gasteiger partial charge in [0.05, 0.1) is 22.3 Å². The molecule has 1 aliphatic rings. The maximum Gasteiger partial charge on any atom is 0.416 e. The summed E-state index contributed by atoms with van der Waals surface area (Å²) in [6.07, 6.45) is 0.612. The van der Waals surface area contributed by atoms with E-state index in [4.69, 9.17) is 0 Å². The van der Waals surface area contributed by atoms with Crippen molar-refractivity contribution in [1.82, 2.24) is 9.97 Å². The summed E-state index contributed by atoms with van der Waals surface area (Å²) < 4.78 is 38.6. The Morgan fingerprint density at radius 3 is 2.92 bits per heavy atom. The molecule has 0 radical (unpaired) electrons. The van der Waals surface area contributed by atoms with Crippen LogP contribution in [0.3, 0.4) is 0 Å². The van der Waals surface area contributed by atoms with Crippen molar-refractivity contribution in [3.63, 3.8) is 0 Å². The first-order valence-corrected chi connectivity index (χ1v) is 7.31. The summed E-state index contributed by atoms with van der Waals surface area (Å²) in [6.45, 7) is 0.587. The van der Waals surface area contributed by atoms with Crippen molar-refractivity contribution in [1.29, 1.82) is 0 Å². The van der Waals surface area contributed by atoms with E-state index >= 15 is 0 Å². The highest BCUT2D eigenvalue weighted by Gasteiger charge is 2.31. The Kier molecular flexibility index (Phi) is 3.20. The van der Waals surface area contributed by atoms with E-state index in [1.54, 1.807) is 23.3 Å². The molecule has 1 aromatic carbocycles. The summed E-state index contributed by atoms with van der Waals surface area (Å²) in [5.41, 5.74) is 1.91. The van der Waals surface area contributed by atoms with Crippen LogP contribution < -0.4 is 5.01 Å². The molecule has 0 bridgehead atoms. The number of hydrazone groups is 1. The summed E-state index contributed by atoms with van der Waals surface area (Å²) in [4.78, 5) is 7.03. The van der Waals surface area contributed by atoms with Crippen LogP contribution in [0.1, 0.15) is 17.5 Å². The van der Waals surface area contributed by atoms with Crippen molar-refractivity contribution in [3.05, 3.63) is 59.9 Å². The average molecular weight is 328 g/mol. The lowest BCUT2D eigenvalue weighted by atomic mass is 10.0. The number of pyridine rings is 1. The maximum absolute atomic E-state index is 12.9. The number of aromatic nitrogens is 2. The molecular weight excluding hydrogens is 317 g/mol. The van der Waals surface area contributed by atoms with E-state index in [0.717, 1.165) is 23.2 Å². The highest BCUT2D eigenvalue weighted by molar-refractivity contribution is 6.03. The zero-order valence-electron chi connectivity index (χ0n) is 12.4. The van der Waals surface area contributed by atoms with Gasteiger partial charge in [0.1, 0.15) is 0 Å². The van der Waals surface area contributed by atoms with Crippen LogP contribution in [-0.2, 0) is 6.18 Å². The fourth-order valence-corrected chi connectivity index (χ4v) is 2.75.